The van der Waals surface area contributed by atoms with Gasteiger partial charge < -0.3 is 13.9 Å². The minimum Gasteiger partial charge on any atom is -0.497 e. The molecule has 146 valence electrons. The van der Waals surface area contributed by atoms with Crippen LogP contribution < -0.4 is 14.8 Å². The second kappa shape index (κ2) is 8.04. The van der Waals surface area contributed by atoms with E-state index in [1.807, 2.05) is 18.2 Å². The van der Waals surface area contributed by atoms with Gasteiger partial charge >= 0.3 is 0 Å². The summed E-state index contributed by atoms with van der Waals surface area (Å²) in [7, 11) is 3.31. The summed E-state index contributed by atoms with van der Waals surface area (Å²) in [6, 6.07) is 7.56. The molecule has 1 aliphatic rings. The predicted octanol–water partition coefficient (Wildman–Crippen LogP) is 3.56. The van der Waals surface area contributed by atoms with Crippen LogP contribution in [0, 0.1) is 0 Å². The molecule has 8 heteroatoms. The third kappa shape index (κ3) is 4.02. The molecule has 0 atom stereocenters. The van der Waals surface area contributed by atoms with Gasteiger partial charge in [0.25, 0.3) is 5.91 Å². The van der Waals surface area contributed by atoms with E-state index in [0.29, 0.717) is 10.7 Å². The highest BCUT2D eigenvalue weighted by Gasteiger charge is 2.22. The number of hydrogen-bond acceptors (Lipinski definition) is 7. The minimum absolute atomic E-state index is 0.208. The van der Waals surface area contributed by atoms with E-state index in [9.17, 15) is 4.79 Å². The van der Waals surface area contributed by atoms with Crippen molar-refractivity contribution >= 4 is 22.4 Å². The topological polar surface area (TPSA) is 76.8 Å². The van der Waals surface area contributed by atoms with Crippen LogP contribution in [0.25, 0.3) is 0 Å². The number of benzene rings is 1. The van der Waals surface area contributed by atoms with E-state index in [4.69, 9.17) is 13.9 Å². The average Bonchev–Trinajstić information content (AvgIpc) is 3.36. The number of aromatic nitrogens is 1. The Morgan fingerprint density at radius 3 is 2.75 bits per heavy atom. The molecular formula is C20H21N3O4S. The zero-order valence-corrected chi connectivity index (χ0v) is 16.5. The van der Waals surface area contributed by atoms with E-state index in [-0.39, 0.29) is 5.91 Å². The molecule has 2 aromatic heterocycles. The summed E-state index contributed by atoms with van der Waals surface area (Å²) < 4.78 is 15.7. The number of carbonyl (C=O) groups excluding carboxylic acids is 1. The Morgan fingerprint density at radius 2 is 2.07 bits per heavy atom. The smallest absolute Gasteiger partial charge is 0.260 e. The van der Waals surface area contributed by atoms with E-state index in [0.717, 1.165) is 48.8 Å². The lowest BCUT2D eigenvalue weighted by Gasteiger charge is -2.26. The molecule has 0 spiro atoms. The normalized spacial score (nSPS) is 13.8. The molecule has 0 bridgehead atoms. The highest BCUT2D eigenvalue weighted by molar-refractivity contribution is 7.15. The number of fused-ring (bicyclic) bond motifs is 1. The van der Waals surface area contributed by atoms with Gasteiger partial charge in [0, 0.05) is 37.0 Å². The van der Waals surface area contributed by atoms with Crippen LogP contribution in [0.15, 0.2) is 41.2 Å². The first kappa shape index (κ1) is 18.5. The fourth-order valence-electron chi connectivity index (χ4n) is 3.22. The summed E-state index contributed by atoms with van der Waals surface area (Å²) in [4.78, 5) is 20.3. The van der Waals surface area contributed by atoms with Gasteiger partial charge in [-0.1, -0.05) is 0 Å². The molecule has 3 heterocycles. The Kier molecular flexibility index (Phi) is 5.31. The first-order valence-corrected chi connectivity index (χ1v) is 9.72. The number of methoxy groups -OCH3 is 2. The molecule has 3 aromatic rings. The van der Waals surface area contributed by atoms with Gasteiger partial charge in [-0.15, -0.1) is 11.3 Å². The number of nitrogens with one attached hydrogen (secondary N) is 1. The van der Waals surface area contributed by atoms with Gasteiger partial charge in [0.05, 0.1) is 31.7 Å². The Bertz CT molecular complexity index is 946. The van der Waals surface area contributed by atoms with Crippen LogP contribution in [-0.2, 0) is 19.5 Å². The Balaban J connectivity index is 1.44. The molecule has 1 amide bonds. The van der Waals surface area contributed by atoms with Crippen LogP contribution in [0.2, 0.25) is 0 Å². The van der Waals surface area contributed by atoms with E-state index in [2.05, 4.69) is 15.2 Å². The molecule has 1 N–H and O–H groups in total. The SMILES string of the molecule is COc1cc(CN2CCc3nc(NC(=O)c4ccoc4)sc3C2)cc(OC)c1. The number of thiazole rings is 1. The lowest BCUT2D eigenvalue weighted by molar-refractivity contribution is 0.102. The standard InChI is InChI=1S/C20H21N3O4S/c1-25-15-7-13(8-16(9-15)26-2)10-23-5-3-17-18(11-23)28-20(21-17)22-19(24)14-4-6-27-12-14/h4,6-9,12H,3,5,10-11H2,1-2H3,(H,21,22,24). The minimum atomic E-state index is -0.208. The maximum absolute atomic E-state index is 12.2. The van der Waals surface area contributed by atoms with Gasteiger partial charge in [-0.3, -0.25) is 15.0 Å². The lowest BCUT2D eigenvalue weighted by Crippen LogP contribution is -2.29. The molecule has 0 aliphatic carbocycles. The number of nitrogens with zero attached hydrogens (tertiary/aromatic N) is 2. The second-order valence-electron chi connectivity index (χ2n) is 6.54. The van der Waals surface area contributed by atoms with Crippen LogP contribution in [0.1, 0.15) is 26.5 Å². The summed E-state index contributed by atoms with van der Waals surface area (Å²) in [5, 5.41) is 3.48. The van der Waals surface area contributed by atoms with Crippen molar-refractivity contribution in [3.63, 3.8) is 0 Å². The Labute approximate surface area is 166 Å². The van der Waals surface area contributed by atoms with Crippen molar-refractivity contribution in [1.82, 2.24) is 9.88 Å². The third-order valence-electron chi connectivity index (χ3n) is 4.63. The zero-order valence-electron chi connectivity index (χ0n) is 15.7. The molecule has 0 fully saturated rings. The van der Waals surface area contributed by atoms with Gasteiger partial charge in [-0.2, -0.15) is 0 Å². The fraction of sp³-hybridized carbons (Fsp3) is 0.300. The van der Waals surface area contributed by atoms with Crippen molar-refractivity contribution in [2.45, 2.75) is 19.5 Å². The average molecular weight is 399 g/mol. The van der Waals surface area contributed by atoms with Crippen molar-refractivity contribution < 1.29 is 18.7 Å². The summed E-state index contributed by atoms with van der Waals surface area (Å²) in [5.74, 6) is 1.36. The molecule has 1 aromatic carbocycles. The number of amides is 1. The number of carbonyl (C=O) groups is 1. The van der Waals surface area contributed by atoms with Crippen LogP contribution in [0.4, 0.5) is 5.13 Å². The summed E-state index contributed by atoms with van der Waals surface area (Å²) >= 11 is 1.53. The fourth-order valence-corrected chi connectivity index (χ4v) is 4.26. The monoisotopic (exact) mass is 399 g/mol. The molecule has 28 heavy (non-hydrogen) atoms. The van der Waals surface area contributed by atoms with E-state index in [1.54, 1.807) is 20.3 Å². The molecule has 0 radical (unpaired) electrons. The Hall–Kier alpha value is -2.84. The van der Waals surface area contributed by atoms with Crippen LogP contribution >= 0.6 is 11.3 Å². The third-order valence-corrected chi connectivity index (χ3v) is 5.63. The number of anilines is 1. The van der Waals surface area contributed by atoms with Crippen molar-refractivity contribution in [2.24, 2.45) is 0 Å². The first-order chi connectivity index (χ1) is 13.6. The summed E-state index contributed by atoms with van der Waals surface area (Å²) in [6.07, 6.45) is 3.76. The second-order valence-corrected chi connectivity index (χ2v) is 7.62. The Morgan fingerprint density at radius 1 is 1.29 bits per heavy atom. The van der Waals surface area contributed by atoms with Crippen molar-refractivity contribution in [2.75, 3.05) is 26.1 Å². The number of hydrogen-bond donors (Lipinski definition) is 1. The highest BCUT2D eigenvalue weighted by Crippen LogP contribution is 2.30. The van der Waals surface area contributed by atoms with Crippen molar-refractivity contribution in [1.29, 1.82) is 0 Å². The van der Waals surface area contributed by atoms with Crippen LogP contribution in [-0.4, -0.2) is 36.6 Å². The van der Waals surface area contributed by atoms with Gasteiger partial charge in [-0.05, 0) is 23.8 Å². The molecule has 4 rings (SSSR count). The van der Waals surface area contributed by atoms with Gasteiger partial charge in [0.1, 0.15) is 17.8 Å². The van der Waals surface area contributed by atoms with Crippen LogP contribution in [0.3, 0.4) is 0 Å². The molecule has 0 saturated heterocycles. The van der Waals surface area contributed by atoms with E-state index in [1.165, 1.54) is 28.7 Å². The highest BCUT2D eigenvalue weighted by atomic mass is 32.1. The lowest BCUT2D eigenvalue weighted by atomic mass is 10.1. The zero-order chi connectivity index (χ0) is 19.5. The molecular weight excluding hydrogens is 378 g/mol. The van der Waals surface area contributed by atoms with Crippen molar-refractivity contribution in [3.8, 4) is 11.5 Å². The van der Waals surface area contributed by atoms with Crippen LogP contribution in [0.5, 0.6) is 11.5 Å². The maximum atomic E-state index is 12.2. The number of ether oxygens (including phenoxy) is 2. The number of rotatable bonds is 6. The van der Waals surface area contributed by atoms with Gasteiger partial charge in [0.2, 0.25) is 0 Å². The predicted molar refractivity (Wildman–Crippen MR) is 106 cm³/mol. The maximum Gasteiger partial charge on any atom is 0.260 e. The molecule has 1 aliphatic heterocycles. The molecule has 0 unspecified atom stereocenters. The number of furan rings is 1. The van der Waals surface area contributed by atoms with Gasteiger partial charge in [-0.25, -0.2) is 4.98 Å². The quantitative estimate of drug-likeness (QED) is 0.683. The molecule has 7 nitrogen and oxygen atoms in total. The largest absolute Gasteiger partial charge is 0.497 e. The summed E-state index contributed by atoms with van der Waals surface area (Å²) in [5.41, 5.74) is 2.69. The van der Waals surface area contributed by atoms with Crippen molar-refractivity contribution in [3.05, 3.63) is 58.5 Å². The van der Waals surface area contributed by atoms with Gasteiger partial charge in [0.15, 0.2) is 5.13 Å². The summed E-state index contributed by atoms with van der Waals surface area (Å²) in [6.45, 7) is 2.50. The molecule has 0 saturated carbocycles. The van der Waals surface area contributed by atoms with E-state index >= 15 is 0 Å². The first-order valence-electron chi connectivity index (χ1n) is 8.91. The van der Waals surface area contributed by atoms with E-state index < -0.39 is 0 Å².